The molecule has 5 heteroatoms. The molecule has 1 heterocycles. The Morgan fingerprint density at radius 3 is 2.60 bits per heavy atom. The molecule has 0 bridgehead atoms. The third kappa shape index (κ3) is 4.66. The molecule has 2 fully saturated rings. The molecule has 1 aromatic carbocycles. The Morgan fingerprint density at radius 1 is 1.16 bits per heavy atom. The van der Waals surface area contributed by atoms with Gasteiger partial charge in [0.25, 0.3) is 0 Å². The van der Waals surface area contributed by atoms with Crippen molar-refractivity contribution in [2.45, 2.75) is 56.9 Å². The molecule has 2 aliphatic rings. The molecule has 138 valence electrons. The standard InChI is InChI=1S/C20H32N4O/c1-25-18-10-8-9-17(15-18)23-19(21)22-16-20(11-4-2-5-12-20)24-13-6-3-7-14-24/h8-10,15H,2-7,11-14,16H2,1H3,(H3,21,22,23). The maximum Gasteiger partial charge on any atom is 0.193 e. The van der Waals surface area contributed by atoms with Crippen molar-refractivity contribution < 1.29 is 4.74 Å². The lowest BCUT2D eigenvalue weighted by atomic mass is 9.79. The quantitative estimate of drug-likeness (QED) is 0.633. The second-order valence-corrected chi connectivity index (χ2v) is 7.39. The summed E-state index contributed by atoms with van der Waals surface area (Å²) in [6.07, 6.45) is 10.5. The minimum atomic E-state index is 0.222. The zero-order chi connectivity index (χ0) is 17.5. The Balaban J connectivity index is 1.67. The Bertz CT molecular complexity index is 575. The minimum absolute atomic E-state index is 0.222. The lowest BCUT2D eigenvalue weighted by Gasteiger charge is -2.47. The highest BCUT2D eigenvalue weighted by atomic mass is 16.5. The van der Waals surface area contributed by atoms with Gasteiger partial charge in [-0.2, -0.15) is 0 Å². The molecule has 3 N–H and O–H groups in total. The van der Waals surface area contributed by atoms with Crippen LogP contribution in [0.3, 0.4) is 0 Å². The number of aliphatic imine (C=N–C) groups is 1. The molecule has 1 aliphatic carbocycles. The van der Waals surface area contributed by atoms with Crippen LogP contribution in [0.25, 0.3) is 0 Å². The average molecular weight is 345 g/mol. The number of guanidine groups is 1. The van der Waals surface area contributed by atoms with Crippen LogP contribution in [0, 0.1) is 0 Å². The summed E-state index contributed by atoms with van der Waals surface area (Å²) in [5.74, 6) is 1.31. The van der Waals surface area contributed by atoms with Crippen LogP contribution in [0.1, 0.15) is 51.4 Å². The molecule has 0 unspecified atom stereocenters. The molecule has 0 spiro atoms. The first-order valence-corrected chi connectivity index (χ1v) is 9.68. The summed E-state index contributed by atoms with van der Waals surface area (Å²) < 4.78 is 5.26. The number of hydrogen-bond acceptors (Lipinski definition) is 3. The predicted molar refractivity (Wildman–Crippen MR) is 104 cm³/mol. The van der Waals surface area contributed by atoms with Crippen molar-refractivity contribution in [3.8, 4) is 5.75 Å². The minimum Gasteiger partial charge on any atom is -0.497 e. The SMILES string of the molecule is COc1cccc(NC(N)=NCC2(N3CCCCC3)CCCCC2)c1. The molecule has 3 rings (SSSR count). The van der Waals surface area contributed by atoms with Gasteiger partial charge in [-0.15, -0.1) is 0 Å². The third-order valence-electron chi connectivity index (χ3n) is 5.70. The molecule has 0 amide bonds. The Morgan fingerprint density at radius 2 is 1.88 bits per heavy atom. The van der Waals surface area contributed by atoms with Gasteiger partial charge in [-0.05, 0) is 50.9 Å². The first-order valence-electron chi connectivity index (χ1n) is 9.68. The molecule has 0 aromatic heterocycles. The van der Waals surface area contributed by atoms with Crippen LogP contribution in [-0.2, 0) is 0 Å². The van der Waals surface area contributed by atoms with E-state index in [1.165, 1.54) is 64.5 Å². The van der Waals surface area contributed by atoms with E-state index in [1.54, 1.807) is 7.11 Å². The van der Waals surface area contributed by atoms with Gasteiger partial charge >= 0.3 is 0 Å². The normalized spacial score (nSPS) is 21.7. The summed E-state index contributed by atoms with van der Waals surface area (Å²) >= 11 is 0. The number of rotatable bonds is 5. The molecule has 1 aromatic rings. The number of methoxy groups -OCH3 is 1. The van der Waals surface area contributed by atoms with Gasteiger partial charge in [-0.25, -0.2) is 0 Å². The maximum absolute atomic E-state index is 6.18. The van der Waals surface area contributed by atoms with Crippen molar-refractivity contribution in [3.05, 3.63) is 24.3 Å². The topological polar surface area (TPSA) is 62.9 Å². The summed E-state index contributed by atoms with van der Waals surface area (Å²) in [6, 6.07) is 7.78. The van der Waals surface area contributed by atoms with Gasteiger partial charge in [0.2, 0.25) is 0 Å². The molecule has 5 nitrogen and oxygen atoms in total. The van der Waals surface area contributed by atoms with Crippen LogP contribution in [0.4, 0.5) is 5.69 Å². The van der Waals surface area contributed by atoms with Crippen LogP contribution in [-0.4, -0.2) is 43.1 Å². The van der Waals surface area contributed by atoms with E-state index in [-0.39, 0.29) is 5.54 Å². The zero-order valence-electron chi connectivity index (χ0n) is 15.5. The number of anilines is 1. The van der Waals surface area contributed by atoms with E-state index in [0.717, 1.165) is 18.0 Å². The number of piperidine rings is 1. The first-order chi connectivity index (χ1) is 12.2. The number of likely N-dealkylation sites (tertiary alicyclic amines) is 1. The van der Waals surface area contributed by atoms with Gasteiger partial charge in [-0.1, -0.05) is 31.7 Å². The van der Waals surface area contributed by atoms with E-state index in [1.807, 2.05) is 24.3 Å². The number of ether oxygens (including phenoxy) is 1. The Labute approximate surface area is 151 Å². The number of nitrogens with two attached hydrogens (primary N) is 1. The van der Waals surface area contributed by atoms with E-state index in [2.05, 4.69) is 10.2 Å². The van der Waals surface area contributed by atoms with Crippen LogP contribution in [0.15, 0.2) is 29.3 Å². The van der Waals surface area contributed by atoms with Crippen molar-refractivity contribution in [1.29, 1.82) is 0 Å². The molecular weight excluding hydrogens is 312 g/mol. The van der Waals surface area contributed by atoms with Crippen molar-refractivity contribution in [2.24, 2.45) is 10.7 Å². The third-order valence-corrected chi connectivity index (χ3v) is 5.70. The fourth-order valence-electron chi connectivity index (χ4n) is 4.27. The highest BCUT2D eigenvalue weighted by molar-refractivity contribution is 5.92. The largest absolute Gasteiger partial charge is 0.497 e. The monoisotopic (exact) mass is 344 g/mol. The van der Waals surface area contributed by atoms with Crippen molar-refractivity contribution in [2.75, 3.05) is 32.1 Å². The summed E-state index contributed by atoms with van der Waals surface area (Å²) in [7, 11) is 1.67. The zero-order valence-corrected chi connectivity index (χ0v) is 15.5. The van der Waals surface area contributed by atoms with Crippen molar-refractivity contribution >= 4 is 11.6 Å². The average Bonchev–Trinajstić information content (AvgIpc) is 2.68. The number of nitrogens with one attached hydrogen (secondary N) is 1. The summed E-state index contributed by atoms with van der Waals surface area (Å²) in [5, 5.41) is 3.21. The van der Waals surface area contributed by atoms with Gasteiger partial charge < -0.3 is 15.8 Å². The molecule has 1 saturated heterocycles. The van der Waals surface area contributed by atoms with E-state index < -0.39 is 0 Å². The van der Waals surface area contributed by atoms with Crippen LogP contribution < -0.4 is 15.8 Å². The second-order valence-electron chi connectivity index (χ2n) is 7.39. The van der Waals surface area contributed by atoms with Crippen LogP contribution in [0.2, 0.25) is 0 Å². The van der Waals surface area contributed by atoms with E-state index in [9.17, 15) is 0 Å². The van der Waals surface area contributed by atoms with Gasteiger partial charge in [0.15, 0.2) is 5.96 Å². The Hall–Kier alpha value is -1.75. The highest BCUT2D eigenvalue weighted by Crippen LogP contribution is 2.35. The van der Waals surface area contributed by atoms with Crippen molar-refractivity contribution in [3.63, 3.8) is 0 Å². The fraction of sp³-hybridized carbons (Fsp3) is 0.650. The Kier molecular flexibility index (Phi) is 6.19. The van der Waals surface area contributed by atoms with Gasteiger partial charge in [0.1, 0.15) is 5.75 Å². The molecule has 1 saturated carbocycles. The predicted octanol–water partition coefficient (Wildman–Crippen LogP) is 3.61. The van der Waals surface area contributed by atoms with E-state index in [4.69, 9.17) is 15.5 Å². The number of hydrogen-bond donors (Lipinski definition) is 2. The van der Waals surface area contributed by atoms with Crippen LogP contribution in [0.5, 0.6) is 5.75 Å². The molecule has 25 heavy (non-hydrogen) atoms. The van der Waals surface area contributed by atoms with Crippen LogP contribution >= 0.6 is 0 Å². The van der Waals surface area contributed by atoms with E-state index in [0.29, 0.717) is 5.96 Å². The summed E-state index contributed by atoms with van der Waals surface area (Å²) in [4.78, 5) is 7.45. The molecule has 1 aliphatic heterocycles. The summed E-state index contributed by atoms with van der Waals surface area (Å²) in [6.45, 7) is 3.24. The summed E-state index contributed by atoms with van der Waals surface area (Å²) in [5.41, 5.74) is 7.32. The van der Waals surface area contributed by atoms with E-state index >= 15 is 0 Å². The number of nitrogens with zero attached hydrogens (tertiary/aromatic N) is 2. The molecular formula is C20H32N4O. The number of benzene rings is 1. The maximum atomic E-state index is 6.18. The highest BCUT2D eigenvalue weighted by Gasteiger charge is 2.38. The lowest BCUT2D eigenvalue weighted by Crippen LogP contribution is -2.54. The van der Waals surface area contributed by atoms with Gasteiger partial charge in [-0.3, -0.25) is 9.89 Å². The second kappa shape index (κ2) is 8.56. The van der Waals surface area contributed by atoms with Crippen molar-refractivity contribution in [1.82, 2.24) is 4.90 Å². The fourth-order valence-corrected chi connectivity index (χ4v) is 4.27. The van der Waals surface area contributed by atoms with Gasteiger partial charge in [0.05, 0.1) is 13.7 Å². The lowest BCUT2D eigenvalue weighted by molar-refractivity contribution is 0.0408. The van der Waals surface area contributed by atoms with Gasteiger partial charge in [0, 0.05) is 17.3 Å². The molecule has 0 radical (unpaired) electrons. The smallest absolute Gasteiger partial charge is 0.193 e. The first kappa shape index (κ1) is 18.1. The molecule has 0 atom stereocenters.